The van der Waals surface area contributed by atoms with Crippen molar-refractivity contribution >= 4 is 23.5 Å². The molecule has 0 saturated heterocycles. The van der Waals surface area contributed by atoms with Gasteiger partial charge in [-0.15, -0.1) is 0 Å². The predicted octanol–water partition coefficient (Wildman–Crippen LogP) is 6.59. The Morgan fingerprint density at radius 1 is 0.571 bits per heavy atom. The first-order valence-electron chi connectivity index (χ1n) is 9.18. The van der Waals surface area contributed by atoms with Gasteiger partial charge in [-0.2, -0.15) is 0 Å². The van der Waals surface area contributed by atoms with Crippen LogP contribution in [0.2, 0.25) is 0 Å². The van der Waals surface area contributed by atoms with Gasteiger partial charge < -0.3 is 5.11 Å². The van der Waals surface area contributed by atoms with Crippen LogP contribution in [0.5, 0.6) is 0 Å². The second kappa shape index (κ2) is 7.17. The molecule has 0 unspecified atom stereocenters. The molecule has 0 aliphatic carbocycles. The lowest BCUT2D eigenvalue weighted by Crippen LogP contribution is -2.32. The second-order valence-corrected chi connectivity index (χ2v) is 8.92. The molecular weight excluding hydrogens is 380 g/mol. The maximum atomic E-state index is 12.3. The summed E-state index contributed by atoms with van der Waals surface area (Å²) in [5.74, 6) is 0. The van der Waals surface area contributed by atoms with E-state index < -0.39 is 5.60 Å². The predicted molar refractivity (Wildman–Crippen MR) is 116 cm³/mol. The minimum Gasteiger partial charge on any atom is -0.376 e. The minimum absolute atomic E-state index is 0.920. The fourth-order valence-corrected chi connectivity index (χ4v) is 5.93. The highest BCUT2D eigenvalue weighted by Gasteiger charge is 2.42. The summed E-state index contributed by atoms with van der Waals surface area (Å²) in [6.07, 6.45) is 0. The van der Waals surface area contributed by atoms with Gasteiger partial charge in [0.2, 0.25) is 0 Å². The average Bonchev–Trinajstić information content (AvgIpc) is 2.75. The van der Waals surface area contributed by atoms with E-state index in [1.54, 1.807) is 23.5 Å². The first-order chi connectivity index (χ1) is 13.8. The molecule has 136 valence electrons. The van der Waals surface area contributed by atoms with Crippen molar-refractivity contribution < 1.29 is 5.11 Å². The van der Waals surface area contributed by atoms with Crippen LogP contribution in [0, 0.1) is 0 Å². The molecule has 0 fully saturated rings. The largest absolute Gasteiger partial charge is 0.376 e. The fourth-order valence-electron chi connectivity index (χ4n) is 3.73. The number of hydrogen-bond acceptors (Lipinski definition) is 3. The standard InChI is InChI=1S/C25H18OS2/c26-25(19-12-4-7-15-22(19)27-18-10-2-1-3-11-18)20-13-5-8-16-23(20)28-24-17-9-6-14-21(24)25/h1-17,26H. The maximum Gasteiger partial charge on any atom is 0.143 e. The van der Waals surface area contributed by atoms with E-state index in [9.17, 15) is 5.11 Å². The van der Waals surface area contributed by atoms with Gasteiger partial charge in [0.1, 0.15) is 5.60 Å². The van der Waals surface area contributed by atoms with Crippen molar-refractivity contribution in [2.75, 3.05) is 0 Å². The van der Waals surface area contributed by atoms with Crippen molar-refractivity contribution in [3.05, 3.63) is 120 Å². The van der Waals surface area contributed by atoms with Crippen LogP contribution in [0.25, 0.3) is 0 Å². The molecule has 0 bridgehead atoms. The van der Waals surface area contributed by atoms with E-state index in [0.29, 0.717) is 0 Å². The Labute approximate surface area is 173 Å². The lowest BCUT2D eigenvalue weighted by Gasteiger charge is -2.37. The quantitative estimate of drug-likeness (QED) is 0.420. The monoisotopic (exact) mass is 398 g/mol. The summed E-state index contributed by atoms with van der Waals surface area (Å²) >= 11 is 3.41. The van der Waals surface area contributed by atoms with E-state index in [1.165, 1.54) is 0 Å². The zero-order valence-corrected chi connectivity index (χ0v) is 16.7. The van der Waals surface area contributed by atoms with E-state index in [-0.39, 0.29) is 0 Å². The Hall–Kier alpha value is -2.46. The lowest BCUT2D eigenvalue weighted by molar-refractivity contribution is 0.116. The molecule has 1 heterocycles. The Morgan fingerprint density at radius 3 is 1.71 bits per heavy atom. The molecule has 1 aliphatic rings. The molecule has 0 aromatic heterocycles. The van der Waals surface area contributed by atoms with Gasteiger partial charge in [0, 0.05) is 36.3 Å². The smallest absolute Gasteiger partial charge is 0.143 e. The van der Waals surface area contributed by atoms with Crippen molar-refractivity contribution in [1.82, 2.24) is 0 Å². The van der Waals surface area contributed by atoms with E-state index in [2.05, 4.69) is 36.4 Å². The Kier molecular flexibility index (Phi) is 4.52. The van der Waals surface area contributed by atoms with E-state index in [0.717, 1.165) is 36.3 Å². The van der Waals surface area contributed by atoms with Crippen LogP contribution in [-0.4, -0.2) is 5.11 Å². The molecule has 0 saturated carbocycles. The third kappa shape index (κ3) is 2.87. The highest BCUT2D eigenvalue weighted by atomic mass is 32.2. The van der Waals surface area contributed by atoms with Gasteiger partial charge in [-0.05, 0) is 30.3 Å². The summed E-state index contributed by atoms with van der Waals surface area (Å²) in [7, 11) is 0. The molecule has 4 aromatic carbocycles. The molecule has 5 rings (SSSR count). The first-order valence-corrected chi connectivity index (χ1v) is 10.8. The van der Waals surface area contributed by atoms with Gasteiger partial charge in [-0.3, -0.25) is 0 Å². The van der Waals surface area contributed by atoms with Crippen molar-refractivity contribution in [1.29, 1.82) is 0 Å². The van der Waals surface area contributed by atoms with Gasteiger partial charge in [0.05, 0.1) is 0 Å². The summed E-state index contributed by atoms with van der Waals surface area (Å²) in [6.45, 7) is 0. The van der Waals surface area contributed by atoms with Crippen molar-refractivity contribution in [2.24, 2.45) is 0 Å². The van der Waals surface area contributed by atoms with Crippen LogP contribution in [0.1, 0.15) is 16.7 Å². The third-order valence-electron chi connectivity index (χ3n) is 5.02. The SMILES string of the molecule is OC1(c2ccccc2Sc2ccccc2)c2ccccc2Sc2ccccc21. The van der Waals surface area contributed by atoms with E-state index in [1.807, 2.05) is 66.7 Å². The molecule has 0 spiro atoms. The fraction of sp³-hybridized carbons (Fsp3) is 0.0400. The van der Waals surface area contributed by atoms with Crippen LogP contribution in [0.4, 0.5) is 0 Å². The average molecular weight is 399 g/mol. The first kappa shape index (κ1) is 17.6. The summed E-state index contributed by atoms with van der Waals surface area (Å²) in [6, 6.07) is 34.8. The Morgan fingerprint density at radius 2 is 1.07 bits per heavy atom. The summed E-state index contributed by atoms with van der Waals surface area (Å²) in [5.41, 5.74) is 1.63. The molecule has 1 aliphatic heterocycles. The Balaban J connectivity index is 1.74. The van der Waals surface area contributed by atoms with Crippen LogP contribution in [-0.2, 0) is 5.60 Å². The van der Waals surface area contributed by atoms with Gasteiger partial charge in [-0.1, -0.05) is 96.3 Å². The topological polar surface area (TPSA) is 20.2 Å². The zero-order valence-electron chi connectivity index (χ0n) is 15.1. The number of aliphatic hydroxyl groups is 1. The molecule has 0 atom stereocenters. The number of benzene rings is 4. The molecule has 4 aromatic rings. The molecule has 0 amide bonds. The molecule has 28 heavy (non-hydrogen) atoms. The highest BCUT2D eigenvalue weighted by Crippen LogP contribution is 2.52. The minimum atomic E-state index is -1.18. The van der Waals surface area contributed by atoms with E-state index >= 15 is 0 Å². The van der Waals surface area contributed by atoms with Gasteiger partial charge in [0.25, 0.3) is 0 Å². The van der Waals surface area contributed by atoms with Gasteiger partial charge in [0.15, 0.2) is 0 Å². The second-order valence-electron chi connectivity index (χ2n) is 6.72. The van der Waals surface area contributed by atoms with Gasteiger partial charge >= 0.3 is 0 Å². The number of rotatable bonds is 3. The molecular formula is C25H18OS2. The van der Waals surface area contributed by atoms with Crippen molar-refractivity contribution in [3.8, 4) is 0 Å². The molecule has 0 radical (unpaired) electrons. The summed E-state index contributed by atoms with van der Waals surface area (Å²) in [4.78, 5) is 4.42. The van der Waals surface area contributed by atoms with E-state index in [4.69, 9.17) is 0 Å². The maximum absolute atomic E-state index is 12.3. The van der Waals surface area contributed by atoms with Crippen LogP contribution in [0.15, 0.2) is 123 Å². The molecule has 1 N–H and O–H groups in total. The van der Waals surface area contributed by atoms with Crippen molar-refractivity contribution in [3.63, 3.8) is 0 Å². The van der Waals surface area contributed by atoms with Crippen LogP contribution < -0.4 is 0 Å². The van der Waals surface area contributed by atoms with Crippen LogP contribution >= 0.6 is 23.5 Å². The zero-order chi connectivity index (χ0) is 19.0. The summed E-state index contributed by atoms with van der Waals surface area (Å²) < 4.78 is 0. The lowest BCUT2D eigenvalue weighted by atomic mass is 9.80. The third-order valence-corrected chi connectivity index (χ3v) is 7.26. The van der Waals surface area contributed by atoms with Crippen molar-refractivity contribution in [2.45, 2.75) is 25.2 Å². The Bertz CT molecular complexity index is 1090. The number of hydrogen-bond donors (Lipinski definition) is 1. The molecule has 1 nitrogen and oxygen atoms in total. The van der Waals surface area contributed by atoms with Gasteiger partial charge in [-0.25, -0.2) is 0 Å². The summed E-state index contributed by atoms with van der Waals surface area (Å²) in [5, 5.41) is 12.3. The highest BCUT2D eigenvalue weighted by molar-refractivity contribution is 7.99. The normalized spacial score (nSPS) is 14.2. The molecule has 3 heteroatoms. The number of fused-ring (bicyclic) bond motifs is 2. The van der Waals surface area contributed by atoms with Crippen LogP contribution in [0.3, 0.4) is 0 Å².